The Balaban J connectivity index is 1.41. The average Bonchev–Trinajstić information content (AvgIpc) is 3.18. The van der Waals surface area contributed by atoms with Crippen LogP contribution >= 0.6 is 0 Å². The fourth-order valence-corrected chi connectivity index (χ4v) is 3.77. The first-order valence-electron chi connectivity index (χ1n) is 10.5. The lowest BCUT2D eigenvalue weighted by molar-refractivity contribution is -0.131. The van der Waals surface area contributed by atoms with Crippen molar-refractivity contribution in [2.24, 2.45) is 0 Å². The number of aromatic nitrogens is 1. The number of piperazine rings is 1. The molecule has 6 heteroatoms. The van der Waals surface area contributed by atoms with Gasteiger partial charge in [-0.25, -0.2) is 9.37 Å². The summed E-state index contributed by atoms with van der Waals surface area (Å²) in [7, 11) is 0. The maximum absolute atomic E-state index is 13.1. The predicted molar refractivity (Wildman–Crippen MR) is 115 cm³/mol. The molecule has 1 saturated heterocycles. The summed E-state index contributed by atoms with van der Waals surface area (Å²) in [6, 6.07) is 16.3. The first kappa shape index (κ1) is 20.1. The number of halogens is 1. The maximum Gasteiger partial charge on any atom is 0.230 e. The molecule has 1 amide bonds. The third kappa shape index (κ3) is 4.53. The van der Waals surface area contributed by atoms with Crippen molar-refractivity contribution in [3.05, 3.63) is 71.9 Å². The third-order valence-electron chi connectivity index (χ3n) is 5.42. The van der Waals surface area contributed by atoms with Crippen molar-refractivity contribution < 1.29 is 13.6 Å². The van der Waals surface area contributed by atoms with Crippen LogP contribution in [0.3, 0.4) is 0 Å². The molecule has 2 heterocycles. The van der Waals surface area contributed by atoms with E-state index in [0.29, 0.717) is 24.7 Å². The van der Waals surface area contributed by atoms with Crippen LogP contribution in [0.5, 0.6) is 0 Å². The molecule has 156 valence electrons. The first-order chi connectivity index (χ1) is 14.6. The van der Waals surface area contributed by atoms with Crippen LogP contribution in [0.2, 0.25) is 0 Å². The summed E-state index contributed by atoms with van der Waals surface area (Å²) in [6.07, 6.45) is 1.96. The minimum atomic E-state index is -0.239. The monoisotopic (exact) mass is 407 g/mol. The van der Waals surface area contributed by atoms with Crippen LogP contribution in [0, 0.1) is 5.82 Å². The van der Waals surface area contributed by atoms with E-state index >= 15 is 0 Å². The lowest BCUT2D eigenvalue weighted by atomic mass is 10.1. The molecule has 5 nitrogen and oxygen atoms in total. The summed E-state index contributed by atoms with van der Waals surface area (Å²) in [5.74, 6) is 1.06. The van der Waals surface area contributed by atoms with Crippen molar-refractivity contribution in [3.63, 3.8) is 0 Å². The van der Waals surface area contributed by atoms with Gasteiger partial charge in [0.15, 0.2) is 0 Å². The predicted octanol–water partition coefficient (Wildman–Crippen LogP) is 4.32. The van der Waals surface area contributed by atoms with Crippen LogP contribution in [0.25, 0.3) is 11.5 Å². The second-order valence-corrected chi connectivity index (χ2v) is 7.53. The van der Waals surface area contributed by atoms with Gasteiger partial charge in [-0.05, 0) is 42.8 Å². The molecule has 1 aliphatic heterocycles. The Morgan fingerprint density at radius 1 is 1.03 bits per heavy atom. The Labute approximate surface area is 176 Å². The molecule has 0 bridgehead atoms. The molecule has 1 fully saturated rings. The normalized spacial score (nSPS) is 14.2. The maximum atomic E-state index is 13.1. The molecule has 0 aliphatic carbocycles. The molecule has 0 N–H and O–H groups in total. The fourth-order valence-electron chi connectivity index (χ4n) is 3.77. The summed E-state index contributed by atoms with van der Waals surface area (Å²) in [6.45, 7) is 4.82. The third-order valence-corrected chi connectivity index (χ3v) is 5.42. The zero-order valence-corrected chi connectivity index (χ0v) is 17.2. The summed E-state index contributed by atoms with van der Waals surface area (Å²) in [5.41, 5.74) is 2.77. The molecule has 0 atom stereocenters. The van der Waals surface area contributed by atoms with Crippen LogP contribution in [0.15, 0.2) is 59.0 Å². The highest BCUT2D eigenvalue weighted by Gasteiger charge is 2.24. The summed E-state index contributed by atoms with van der Waals surface area (Å²) in [4.78, 5) is 21.6. The molecule has 0 saturated carbocycles. The molecule has 2 aromatic carbocycles. The summed E-state index contributed by atoms with van der Waals surface area (Å²) in [5, 5.41) is 0. The van der Waals surface area contributed by atoms with Crippen molar-refractivity contribution in [3.8, 4) is 11.5 Å². The van der Waals surface area contributed by atoms with Crippen LogP contribution in [-0.2, 0) is 17.6 Å². The van der Waals surface area contributed by atoms with Crippen molar-refractivity contribution in [2.75, 3.05) is 31.1 Å². The highest BCUT2D eigenvalue weighted by Crippen LogP contribution is 2.24. The Morgan fingerprint density at radius 3 is 2.40 bits per heavy atom. The molecule has 4 rings (SSSR count). The number of amides is 1. The lowest BCUT2D eigenvalue weighted by Crippen LogP contribution is -2.49. The molecule has 30 heavy (non-hydrogen) atoms. The molecule has 0 unspecified atom stereocenters. The number of anilines is 1. The second kappa shape index (κ2) is 9.11. The zero-order valence-electron chi connectivity index (χ0n) is 17.2. The quantitative estimate of drug-likeness (QED) is 0.611. The summed E-state index contributed by atoms with van der Waals surface area (Å²) >= 11 is 0. The molecular weight excluding hydrogens is 381 g/mol. The fraction of sp³-hybridized carbons (Fsp3) is 0.333. The van der Waals surface area contributed by atoms with Gasteiger partial charge in [0.25, 0.3) is 0 Å². The number of hydrogen-bond acceptors (Lipinski definition) is 4. The van der Waals surface area contributed by atoms with Gasteiger partial charge in [0.2, 0.25) is 11.8 Å². The smallest absolute Gasteiger partial charge is 0.230 e. The number of rotatable bonds is 6. The number of hydrogen-bond donors (Lipinski definition) is 0. The Hall–Kier alpha value is -3.15. The minimum Gasteiger partial charge on any atom is -0.440 e. The molecule has 0 radical (unpaired) electrons. The van der Waals surface area contributed by atoms with Gasteiger partial charge in [-0.2, -0.15) is 0 Å². The number of carbonyl (C=O) groups is 1. The van der Waals surface area contributed by atoms with Crippen molar-refractivity contribution in [1.82, 2.24) is 9.88 Å². The second-order valence-electron chi connectivity index (χ2n) is 7.53. The van der Waals surface area contributed by atoms with Crippen molar-refractivity contribution in [2.45, 2.75) is 26.2 Å². The highest BCUT2D eigenvalue weighted by atomic mass is 19.1. The van der Waals surface area contributed by atoms with E-state index in [9.17, 15) is 9.18 Å². The Morgan fingerprint density at radius 2 is 1.73 bits per heavy atom. The molecule has 1 aromatic heterocycles. The average molecular weight is 407 g/mol. The Kier molecular flexibility index (Phi) is 6.12. The van der Waals surface area contributed by atoms with Crippen molar-refractivity contribution >= 4 is 11.6 Å². The van der Waals surface area contributed by atoms with E-state index in [-0.39, 0.29) is 18.1 Å². The molecule has 1 aliphatic rings. The van der Waals surface area contributed by atoms with Crippen LogP contribution in [0.4, 0.5) is 10.1 Å². The molecule has 3 aromatic rings. The zero-order chi connectivity index (χ0) is 20.9. The standard InChI is InChI=1S/C24H26FN3O2/c1-2-6-21-22(30-24(26-21)18-7-4-3-5-8-18)17-23(29)28-15-13-27(14-16-28)20-11-9-19(25)10-12-20/h3-5,7-12H,2,6,13-17H2,1H3. The number of oxazole rings is 1. The van der Waals surface area contributed by atoms with Crippen LogP contribution < -0.4 is 4.90 Å². The minimum absolute atomic E-state index is 0.0573. The van der Waals surface area contributed by atoms with Crippen LogP contribution in [0.1, 0.15) is 24.8 Å². The number of aryl methyl sites for hydroxylation is 1. The Bertz CT molecular complexity index is 977. The van der Waals surface area contributed by atoms with Gasteiger partial charge < -0.3 is 14.2 Å². The van der Waals surface area contributed by atoms with Gasteiger partial charge in [0.1, 0.15) is 11.6 Å². The molecular formula is C24H26FN3O2. The lowest BCUT2D eigenvalue weighted by Gasteiger charge is -2.36. The van der Waals surface area contributed by atoms with Gasteiger partial charge in [-0.1, -0.05) is 31.5 Å². The van der Waals surface area contributed by atoms with E-state index in [1.165, 1.54) is 12.1 Å². The largest absolute Gasteiger partial charge is 0.440 e. The van der Waals surface area contributed by atoms with E-state index in [1.807, 2.05) is 35.2 Å². The van der Waals surface area contributed by atoms with Gasteiger partial charge in [0, 0.05) is 37.4 Å². The van der Waals surface area contributed by atoms with E-state index in [0.717, 1.165) is 42.9 Å². The van der Waals surface area contributed by atoms with E-state index in [1.54, 1.807) is 12.1 Å². The SMILES string of the molecule is CCCc1nc(-c2ccccc2)oc1CC(=O)N1CCN(c2ccc(F)cc2)CC1. The number of carbonyl (C=O) groups excluding carboxylic acids is 1. The van der Waals surface area contributed by atoms with Gasteiger partial charge in [-0.3, -0.25) is 4.79 Å². The van der Waals surface area contributed by atoms with E-state index < -0.39 is 0 Å². The molecule has 0 spiro atoms. The number of benzene rings is 2. The number of nitrogens with zero attached hydrogens (tertiary/aromatic N) is 3. The van der Waals surface area contributed by atoms with Gasteiger partial charge in [-0.15, -0.1) is 0 Å². The van der Waals surface area contributed by atoms with Gasteiger partial charge >= 0.3 is 0 Å². The van der Waals surface area contributed by atoms with E-state index in [2.05, 4.69) is 16.8 Å². The first-order valence-corrected chi connectivity index (χ1v) is 10.5. The van der Waals surface area contributed by atoms with E-state index in [4.69, 9.17) is 4.42 Å². The van der Waals surface area contributed by atoms with Gasteiger partial charge in [0.05, 0.1) is 12.1 Å². The van der Waals surface area contributed by atoms with Crippen LogP contribution in [-0.4, -0.2) is 42.0 Å². The highest BCUT2D eigenvalue weighted by molar-refractivity contribution is 5.79. The topological polar surface area (TPSA) is 49.6 Å². The van der Waals surface area contributed by atoms with Crippen molar-refractivity contribution in [1.29, 1.82) is 0 Å². The summed E-state index contributed by atoms with van der Waals surface area (Å²) < 4.78 is 19.2.